The molecule has 0 aliphatic heterocycles. The van der Waals surface area contributed by atoms with E-state index in [9.17, 15) is 9.59 Å². The maximum absolute atomic E-state index is 13.1. The number of Topliss-reactive ketones (excluding diaryl/α,β-unsaturated/α-hetero) is 1. The van der Waals surface area contributed by atoms with Crippen molar-refractivity contribution in [3.05, 3.63) is 23.0 Å². The van der Waals surface area contributed by atoms with Crippen LogP contribution >= 0.6 is 0 Å². The third kappa shape index (κ3) is 2.68. The van der Waals surface area contributed by atoms with Crippen LogP contribution in [0, 0.1) is 28.1 Å². The van der Waals surface area contributed by atoms with Gasteiger partial charge in [-0.2, -0.15) is 0 Å². The third-order valence-corrected chi connectivity index (χ3v) is 8.63. The third-order valence-electron chi connectivity index (χ3n) is 8.63. The van der Waals surface area contributed by atoms with Gasteiger partial charge in [-0.05, 0) is 73.5 Å². The highest BCUT2D eigenvalue weighted by molar-refractivity contribution is 6.22. The van der Waals surface area contributed by atoms with Crippen LogP contribution in [0.3, 0.4) is 0 Å². The molecule has 0 aromatic heterocycles. The lowest BCUT2D eigenvalue weighted by molar-refractivity contribution is -0.137. The minimum Gasteiger partial charge on any atom is -0.490 e. The van der Waals surface area contributed by atoms with Crippen LogP contribution in [0.2, 0.25) is 0 Å². The molecule has 2 saturated carbocycles. The molecule has 3 nitrogen and oxygen atoms in total. The molecule has 0 aromatic rings. The maximum atomic E-state index is 13.1. The lowest BCUT2D eigenvalue weighted by Gasteiger charge is -2.64. The zero-order valence-electron chi connectivity index (χ0n) is 17.6. The predicted molar refractivity (Wildman–Crippen MR) is 106 cm³/mol. The first-order valence-corrected chi connectivity index (χ1v) is 10.8. The SMILES string of the molecule is CCOC1=CC(=O)C2=C(C[C@H]3[C@@](C)(CC[C@H]4C(C)(C)CCC[C@@]43C)C2)C1=O. The molecule has 4 aliphatic carbocycles. The van der Waals surface area contributed by atoms with E-state index in [-0.39, 0.29) is 28.2 Å². The fourth-order valence-electron chi connectivity index (χ4n) is 7.43. The summed E-state index contributed by atoms with van der Waals surface area (Å²) in [4.78, 5) is 25.8. The van der Waals surface area contributed by atoms with Crippen molar-refractivity contribution in [3.8, 4) is 0 Å². The Bertz CT molecular complexity index is 756. The number of rotatable bonds is 2. The molecule has 27 heavy (non-hydrogen) atoms. The van der Waals surface area contributed by atoms with Crippen molar-refractivity contribution >= 4 is 11.6 Å². The van der Waals surface area contributed by atoms with Crippen LogP contribution in [0.25, 0.3) is 0 Å². The number of carbonyl (C=O) groups is 2. The first-order chi connectivity index (χ1) is 12.6. The average molecular weight is 371 g/mol. The molecular weight excluding hydrogens is 336 g/mol. The smallest absolute Gasteiger partial charge is 0.224 e. The largest absolute Gasteiger partial charge is 0.490 e. The Balaban J connectivity index is 1.74. The normalized spacial score (nSPS) is 40.7. The van der Waals surface area contributed by atoms with E-state index < -0.39 is 0 Å². The molecule has 0 saturated heterocycles. The van der Waals surface area contributed by atoms with Gasteiger partial charge in [0.25, 0.3) is 0 Å². The van der Waals surface area contributed by atoms with Crippen molar-refractivity contribution in [2.24, 2.45) is 28.1 Å². The van der Waals surface area contributed by atoms with Crippen molar-refractivity contribution < 1.29 is 14.3 Å². The average Bonchev–Trinajstić information content (AvgIpc) is 2.57. The first kappa shape index (κ1) is 19.0. The summed E-state index contributed by atoms with van der Waals surface area (Å²) in [5, 5.41) is 0. The van der Waals surface area contributed by atoms with Crippen molar-refractivity contribution in [2.45, 2.75) is 79.6 Å². The van der Waals surface area contributed by atoms with Gasteiger partial charge in [-0.3, -0.25) is 9.59 Å². The molecule has 0 unspecified atom stereocenters. The van der Waals surface area contributed by atoms with E-state index in [4.69, 9.17) is 4.74 Å². The second-order valence-electron chi connectivity index (χ2n) is 10.6. The summed E-state index contributed by atoms with van der Waals surface area (Å²) >= 11 is 0. The zero-order chi connectivity index (χ0) is 19.6. The summed E-state index contributed by atoms with van der Waals surface area (Å²) in [6.07, 6.45) is 9.20. The summed E-state index contributed by atoms with van der Waals surface area (Å²) < 4.78 is 5.50. The monoisotopic (exact) mass is 370 g/mol. The quantitative estimate of drug-likeness (QED) is 0.611. The fraction of sp³-hybridized carbons (Fsp3) is 0.750. The molecular formula is C24H34O3. The van der Waals surface area contributed by atoms with Gasteiger partial charge in [0.1, 0.15) is 0 Å². The molecule has 4 atom stereocenters. The van der Waals surface area contributed by atoms with Crippen LogP contribution < -0.4 is 0 Å². The number of fused-ring (bicyclic) bond motifs is 3. The van der Waals surface area contributed by atoms with Gasteiger partial charge >= 0.3 is 0 Å². The van der Waals surface area contributed by atoms with E-state index in [1.807, 2.05) is 6.92 Å². The lowest BCUT2D eigenvalue weighted by atomic mass is 9.40. The maximum Gasteiger partial charge on any atom is 0.224 e. The molecule has 2 fully saturated rings. The Kier molecular flexibility index (Phi) is 4.25. The second-order valence-corrected chi connectivity index (χ2v) is 10.6. The van der Waals surface area contributed by atoms with Crippen molar-refractivity contribution in [1.29, 1.82) is 0 Å². The summed E-state index contributed by atoms with van der Waals surface area (Å²) in [5.74, 6) is 1.40. The highest BCUT2D eigenvalue weighted by atomic mass is 16.5. The summed E-state index contributed by atoms with van der Waals surface area (Å²) in [5.41, 5.74) is 2.29. The minimum absolute atomic E-state index is 0.00368. The van der Waals surface area contributed by atoms with Crippen LogP contribution in [-0.2, 0) is 14.3 Å². The standard InChI is InChI=1S/C24H34O3/c1-6-27-18-13-17(25)16-14-23(4)11-8-19-22(2,3)9-7-10-24(19,5)20(23)12-15(16)21(18)26/h13,19-20H,6-12,14H2,1-5H3/t19-,20-,23-,24-/m0/s1. The van der Waals surface area contributed by atoms with Gasteiger partial charge < -0.3 is 4.74 Å². The van der Waals surface area contributed by atoms with Gasteiger partial charge in [-0.1, -0.05) is 34.1 Å². The number of allylic oxidation sites excluding steroid dienone is 3. The van der Waals surface area contributed by atoms with Gasteiger partial charge in [0.2, 0.25) is 5.78 Å². The Morgan fingerprint density at radius 1 is 1.04 bits per heavy atom. The first-order valence-electron chi connectivity index (χ1n) is 10.8. The second kappa shape index (κ2) is 6.06. The van der Waals surface area contributed by atoms with Crippen molar-refractivity contribution in [1.82, 2.24) is 0 Å². The fourth-order valence-corrected chi connectivity index (χ4v) is 7.43. The van der Waals surface area contributed by atoms with Gasteiger partial charge in [0.05, 0.1) is 6.61 Å². The zero-order valence-corrected chi connectivity index (χ0v) is 17.6. The molecule has 0 spiro atoms. The molecule has 4 aliphatic rings. The van der Waals surface area contributed by atoms with Crippen LogP contribution in [0.15, 0.2) is 23.0 Å². The van der Waals surface area contributed by atoms with E-state index in [1.54, 1.807) is 0 Å². The van der Waals surface area contributed by atoms with Crippen molar-refractivity contribution in [2.75, 3.05) is 6.61 Å². The Labute approximate surface area is 163 Å². The number of hydrogen-bond donors (Lipinski definition) is 0. The van der Waals surface area contributed by atoms with Gasteiger partial charge in [-0.15, -0.1) is 0 Å². The number of carbonyl (C=O) groups excluding carboxylic acids is 2. The Morgan fingerprint density at radius 3 is 2.48 bits per heavy atom. The van der Waals surface area contributed by atoms with Crippen LogP contribution in [0.5, 0.6) is 0 Å². The van der Waals surface area contributed by atoms with Crippen LogP contribution in [-0.4, -0.2) is 18.2 Å². The summed E-state index contributed by atoms with van der Waals surface area (Å²) in [7, 11) is 0. The minimum atomic E-state index is -0.0331. The Hall–Kier alpha value is -1.38. The van der Waals surface area contributed by atoms with E-state index in [2.05, 4.69) is 27.7 Å². The molecule has 148 valence electrons. The molecule has 0 radical (unpaired) electrons. The van der Waals surface area contributed by atoms with E-state index in [0.717, 1.165) is 24.0 Å². The van der Waals surface area contributed by atoms with E-state index >= 15 is 0 Å². The van der Waals surface area contributed by atoms with Gasteiger partial charge in [0.15, 0.2) is 11.5 Å². The Morgan fingerprint density at radius 2 is 1.78 bits per heavy atom. The predicted octanol–water partition coefficient (Wildman–Crippen LogP) is 5.40. The van der Waals surface area contributed by atoms with Crippen LogP contribution in [0.4, 0.5) is 0 Å². The highest BCUT2D eigenvalue weighted by Crippen LogP contribution is 2.68. The number of ketones is 2. The molecule has 0 bridgehead atoms. The topological polar surface area (TPSA) is 43.4 Å². The molecule has 3 heteroatoms. The number of ether oxygens (including phenoxy) is 1. The highest BCUT2D eigenvalue weighted by Gasteiger charge is 2.60. The number of hydrogen-bond acceptors (Lipinski definition) is 3. The van der Waals surface area contributed by atoms with Crippen LogP contribution in [0.1, 0.15) is 79.6 Å². The summed E-state index contributed by atoms with van der Waals surface area (Å²) in [6.45, 7) is 12.0. The molecule has 0 heterocycles. The van der Waals surface area contributed by atoms with E-state index in [0.29, 0.717) is 23.9 Å². The van der Waals surface area contributed by atoms with Crippen molar-refractivity contribution in [3.63, 3.8) is 0 Å². The van der Waals surface area contributed by atoms with Gasteiger partial charge in [-0.25, -0.2) is 0 Å². The lowest BCUT2D eigenvalue weighted by Crippen LogP contribution is -2.56. The van der Waals surface area contributed by atoms with E-state index in [1.165, 1.54) is 38.2 Å². The molecule has 0 amide bonds. The van der Waals surface area contributed by atoms with Gasteiger partial charge in [0, 0.05) is 17.2 Å². The summed E-state index contributed by atoms with van der Waals surface area (Å²) in [6, 6.07) is 0. The molecule has 0 N–H and O–H groups in total. The molecule has 0 aromatic carbocycles. The molecule has 4 rings (SSSR count).